The van der Waals surface area contributed by atoms with Gasteiger partial charge in [-0.2, -0.15) is 0 Å². The Morgan fingerprint density at radius 3 is 2.75 bits per heavy atom. The number of allylic oxidation sites excluding steroid dienone is 2. The normalized spacial score (nSPS) is 18.9. The predicted octanol–water partition coefficient (Wildman–Crippen LogP) is 4.84. The first-order valence-corrected chi connectivity index (χ1v) is 8.27. The molecule has 0 radical (unpaired) electrons. The highest BCUT2D eigenvalue weighted by Gasteiger charge is 2.12. The molecule has 114 valence electrons. The molecule has 0 amide bonds. The fraction of sp³-hybridized carbons (Fsp3) is 0.778. The number of hydrogen-bond donors (Lipinski definition) is 0. The molecule has 1 aliphatic rings. The second-order valence-electron chi connectivity index (χ2n) is 5.28. The molecule has 2 nitrogen and oxygen atoms in total. The number of hydrogen-bond acceptors (Lipinski definition) is 2. The summed E-state index contributed by atoms with van der Waals surface area (Å²) in [5.74, 6) is 6.48. The first-order valence-electron chi connectivity index (χ1n) is 8.27. The quantitative estimate of drug-likeness (QED) is 0.341. The molecule has 1 rings (SSSR count). The lowest BCUT2D eigenvalue weighted by molar-refractivity contribution is -0.162. The Labute approximate surface area is 124 Å². The maximum atomic E-state index is 5.69. The van der Waals surface area contributed by atoms with Gasteiger partial charge in [0, 0.05) is 26.1 Å². The van der Waals surface area contributed by atoms with Crippen molar-refractivity contribution in [1.29, 1.82) is 0 Å². The van der Waals surface area contributed by atoms with Gasteiger partial charge in [0.25, 0.3) is 0 Å². The molecule has 1 atom stereocenters. The second-order valence-corrected chi connectivity index (χ2v) is 5.28. The first kappa shape index (κ1) is 17.3. The third-order valence-corrected chi connectivity index (χ3v) is 3.32. The van der Waals surface area contributed by atoms with Crippen molar-refractivity contribution in [2.24, 2.45) is 0 Å². The van der Waals surface area contributed by atoms with Crippen molar-refractivity contribution >= 4 is 0 Å². The Morgan fingerprint density at radius 2 is 1.95 bits per heavy atom. The largest absolute Gasteiger partial charge is 0.353 e. The summed E-state index contributed by atoms with van der Waals surface area (Å²) < 4.78 is 11.2. The molecular formula is C18H30O2. The van der Waals surface area contributed by atoms with E-state index in [-0.39, 0.29) is 6.29 Å². The third kappa shape index (κ3) is 10.1. The van der Waals surface area contributed by atoms with Crippen molar-refractivity contribution in [3.05, 3.63) is 12.2 Å². The lowest BCUT2D eigenvalue weighted by Gasteiger charge is -2.22. The molecule has 2 heteroatoms. The smallest absolute Gasteiger partial charge is 0.157 e. The highest BCUT2D eigenvalue weighted by atomic mass is 16.7. The summed E-state index contributed by atoms with van der Waals surface area (Å²) in [7, 11) is 0. The number of rotatable bonds is 9. The lowest BCUT2D eigenvalue weighted by Crippen LogP contribution is -2.22. The van der Waals surface area contributed by atoms with Crippen LogP contribution in [0.2, 0.25) is 0 Å². The van der Waals surface area contributed by atoms with Crippen LogP contribution in [0.5, 0.6) is 0 Å². The SMILES string of the molecule is CCC/C=C/CCC#CCCCCO[C@@H]1CCCCO1. The number of unbranched alkanes of at least 4 members (excludes halogenated alkanes) is 4. The zero-order valence-electron chi connectivity index (χ0n) is 13.0. The molecule has 1 heterocycles. The van der Waals surface area contributed by atoms with Crippen LogP contribution in [0.25, 0.3) is 0 Å². The Hall–Kier alpha value is -0.780. The van der Waals surface area contributed by atoms with Gasteiger partial charge in [0.05, 0.1) is 0 Å². The van der Waals surface area contributed by atoms with E-state index >= 15 is 0 Å². The van der Waals surface area contributed by atoms with Crippen molar-refractivity contribution < 1.29 is 9.47 Å². The summed E-state index contributed by atoms with van der Waals surface area (Å²) in [5.41, 5.74) is 0. The highest BCUT2D eigenvalue weighted by molar-refractivity contribution is 5.00. The summed E-state index contributed by atoms with van der Waals surface area (Å²) in [4.78, 5) is 0. The van der Waals surface area contributed by atoms with E-state index in [1.54, 1.807) is 0 Å². The van der Waals surface area contributed by atoms with Gasteiger partial charge in [-0.15, -0.1) is 11.8 Å². The highest BCUT2D eigenvalue weighted by Crippen LogP contribution is 2.14. The van der Waals surface area contributed by atoms with Gasteiger partial charge in [0.1, 0.15) is 0 Å². The van der Waals surface area contributed by atoms with E-state index < -0.39 is 0 Å². The first-order chi connectivity index (χ1) is 9.93. The standard InChI is InChI=1S/C18H30O2/c1-2-3-4-5-6-7-8-9-10-11-13-16-19-18-15-12-14-17-20-18/h4-5,18H,2-3,6-7,10-17H2,1H3/b5-4+/t18-/m0/s1. The predicted molar refractivity (Wildman–Crippen MR) is 84.5 cm³/mol. The second kappa shape index (κ2) is 13.2. The van der Waals surface area contributed by atoms with Crippen molar-refractivity contribution in [3.8, 4) is 11.8 Å². The fourth-order valence-corrected chi connectivity index (χ4v) is 2.11. The summed E-state index contributed by atoms with van der Waals surface area (Å²) >= 11 is 0. The molecule has 0 bridgehead atoms. The van der Waals surface area contributed by atoms with Crippen LogP contribution in [-0.4, -0.2) is 19.5 Å². The van der Waals surface area contributed by atoms with Crippen LogP contribution in [0.4, 0.5) is 0 Å². The average molecular weight is 278 g/mol. The molecule has 0 saturated carbocycles. The van der Waals surface area contributed by atoms with Crippen LogP contribution in [0.3, 0.4) is 0 Å². The molecule has 0 aromatic rings. The molecule has 1 aliphatic heterocycles. The van der Waals surface area contributed by atoms with Gasteiger partial charge < -0.3 is 9.47 Å². The Bertz CT molecular complexity index is 292. The van der Waals surface area contributed by atoms with Crippen molar-refractivity contribution in [2.75, 3.05) is 13.2 Å². The van der Waals surface area contributed by atoms with E-state index in [0.29, 0.717) is 0 Å². The molecule has 0 N–H and O–H groups in total. The van der Waals surface area contributed by atoms with E-state index in [4.69, 9.17) is 9.47 Å². The van der Waals surface area contributed by atoms with Gasteiger partial charge in [-0.1, -0.05) is 25.5 Å². The zero-order chi connectivity index (χ0) is 14.3. The molecule has 1 saturated heterocycles. The topological polar surface area (TPSA) is 18.5 Å². The van der Waals surface area contributed by atoms with Crippen LogP contribution in [-0.2, 0) is 9.47 Å². The van der Waals surface area contributed by atoms with Gasteiger partial charge in [0.2, 0.25) is 0 Å². The Morgan fingerprint density at radius 1 is 1.10 bits per heavy atom. The van der Waals surface area contributed by atoms with Crippen LogP contribution < -0.4 is 0 Å². The van der Waals surface area contributed by atoms with Crippen molar-refractivity contribution in [1.82, 2.24) is 0 Å². The molecule has 0 aliphatic carbocycles. The van der Waals surface area contributed by atoms with Crippen LogP contribution in [0, 0.1) is 11.8 Å². The zero-order valence-corrected chi connectivity index (χ0v) is 13.0. The number of ether oxygens (including phenoxy) is 2. The lowest BCUT2D eigenvalue weighted by atomic mass is 10.2. The molecule has 0 spiro atoms. The van der Waals surface area contributed by atoms with E-state index in [0.717, 1.165) is 51.7 Å². The maximum absolute atomic E-state index is 5.69. The molecule has 0 aromatic carbocycles. The monoisotopic (exact) mass is 278 g/mol. The van der Waals surface area contributed by atoms with Crippen LogP contribution >= 0.6 is 0 Å². The summed E-state index contributed by atoms with van der Waals surface area (Å²) in [6, 6.07) is 0. The fourth-order valence-electron chi connectivity index (χ4n) is 2.11. The minimum absolute atomic E-state index is 0.0599. The van der Waals surface area contributed by atoms with Gasteiger partial charge in [-0.25, -0.2) is 0 Å². The van der Waals surface area contributed by atoms with E-state index in [2.05, 4.69) is 30.9 Å². The summed E-state index contributed by atoms with van der Waals surface area (Å²) in [6.07, 6.45) is 15.8. The molecular weight excluding hydrogens is 248 g/mol. The molecule has 20 heavy (non-hydrogen) atoms. The minimum Gasteiger partial charge on any atom is -0.353 e. The van der Waals surface area contributed by atoms with E-state index in [1.807, 2.05) is 0 Å². The van der Waals surface area contributed by atoms with E-state index in [9.17, 15) is 0 Å². The van der Waals surface area contributed by atoms with Crippen LogP contribution in [0.15, 0.2) is 12.2 Å². The average Bonchev–Trinajstić information content (AvgIpc) is 2.49. The van der Waals surface area contributed by atoms with Crippen molar-refractivity contribution in [3.63, 3.8) is 0 Å². The van der Waals surface area contributed by atoms with Gasteiger partial charge in [-0.05, 0) is 44.9 Å². The molecule has 1 fully saturated rings. The Balaban J connectivity index is 1.84. The molecule has 0 aromatic heterocycles. The maximum Gasteiger partial charge on any atom is 0.157 e. The van der Waals surface area contributed by atoms with Crippen LogP contribution in [0.1, 0.15) is 71.1 Å². The van der Waals surface area contributed by atoms with Gasteiger partial charge in [-0.3, -0.25) is 0 Å². The van der Waals surface area contributed by atoms with Gasteiger partial charge in [0.15, 0.2) is 6.29 Å². The van der Waals surface area contributed by atoms with Crippen molar-refractivity contribution in [2.45, 2.75) is 77.4 Å². The minimum atomic E-state index is 0.0599. The molecule has 0 unspecified atom stereocenters. The summed E-state index contributed by atoms with van der Waals surface area (Å²) in [6.45, 7) is 3.88. The summed E-state index contributed by atoms with van der Waals surface area (Å²) in [5, 5.41) is 0. The Kier molecular flexibility index (Phi) is 11.4. The van der Waals surface area contributed by atoms with E-state index in [1.165, 1.54) is 25.7 Å². The van der Waals surface area contributed by atoms with Gasteiger partial charge >= 0.3 is 0 Å². The third-order valence-electron chi connectivity index (χ3n) is 3.32.